The predicted molar refractivity (Wildman–Crippen MR) is 77.3 cm³/mol. The molecule has 108 valence electrons. The van der Waals surface area contributed by atoms with E-state index in [0.717, 1.165) is 16.8 Å². The molecule has 0 saturated heterocycles. The van der Waals surface area contributed by atoms with Crippen LogP contribution in [0.3, 0.4) is 0 Å². The van der Waals surface area contributed by atoms with Crippen molar-refractivity contribution >= 4 is 10.0 Å². The molecule has 0 saturated carbocycles. The Bertz CT molecular complexity index is 638. The van der Waals surface area contributed by atoms with Crippen LogP contribution in [0.15, 0.2) is 36.8 Å². The molecule has 0 radical (unpaired) electrons. The Hall–Kier alpha value is -1.70. The molecule has 0 fully saturated rings. The zero-order valence-corrected chi connectivity index (χ0v) is 11.9. The van der Waals surface area contributed by atoms with E-state index < -0.39 is 10.0 Å². The normalized spacial score (nSPS) is 11.7. The van der Waals surface area contributed by atoms with Gasteiger partial charge < -0.3 is 10.7 Å². The quantitative estimate of drug-likeness (QED) is 0.693. The van der Waals surface area contributed by atoms with Crippen LogP contribution in [-0.4, -0.2) is 24.9 Å². The van der Waals surface area contributed by atoms with Crippen molar-refractivity contribution in [2.75, 3.05) is 6.54 Å². The van der Waals surface area contributed by atoms with Gasteiger partial charge in [0.1, 0.15) is 0 Å². The molecule has 0 atom stereocenters. The first-order valence-electron chi connectivity index (χ1n) is 6.32. The third-order valence-corrected chi connectivity index (χ3v) is 4.29. The third kappa shape index (κ3) is 4.16. The number of hydrogen-bond donors (Lipinski definition) is 3. The van der Waals surface area contributed by atoms with Gasteiger partial charge in [0.2, 0.25) is 10.0 Å². The van der Waals surface area contributed by atoms with Crippen LogP contribution in [0.5, 0.6) is 0 Å². The average molecular weight is 294 g/mol. The van der Waals surface area contributed by atoms with E-state index in [4.69, 9.17) is 5.73 Å². The van der Waals surface area contributed by atoms with Crippen molar-refractivity contribution < 1.29 is 8.42 Å². The van der Waals surface area contributed by atoms with Crippen LogP contribution in [0.4, 0.5) is 0 Å². The fourth-order valence-electron chi connectivity index (χ4n) is 1.92. The summed E-state index contributed by atoms with van der Waals surface area (Å²) in [4.78, 5) is 6.81. The van der Waals surface area contributed by atoms with Crippen molar-refractivity contribution in [2.45, 2.75) is 18.7 Å². The lowest BCUT2D eigenvalue weighted by Gasteiger charge is -2.09. The van der Waals surface area contributed by atoms with Gasteiger partial charge in [0.25, 0.3) is 0 Å². The largest absolute Gasteiger partial charge is 0.348 e. The SMILES string of the molecule is NCc1ccccc1CS(=O)(=O)NCCc1cnc[nH]1. The number of hydrogen-bond acceptors (Lipinski definition) is 4. The lowest BCUT2D eigenvalue weighted by atomic mass is 10.1. The van der Waals surface area contributed by atoms with E-state index in [1.807, 2.05) is 18.2 Å². The summed E-state index contributed by atoms with van der Waals surface area (Å²) in [6.45, 7) is 0.676. The number of nitrogens with two attached hydrogens (primary N) is 1. The van der Waals surface area contributed by atoms with E-state index in [1.54, 1.807) is 18.6 Å². The highest BCUT2D eigenvalue weighted by Gasteiger charge is 2.13. The second-order valence-electron chi connectivity index (χ2n) is 4.45. The minimum atomic E-state index is -3.36. The maximum atomic E-state index is 12.0. The van der Waals surface area contributed by atoms with Crippen LogP contribution in [0.2, 0.25) is 0 Å². The Morgan fingerprint density at radius 1 is 1.25 bits per heavy atom. The van der Waals surface area contributed by atoms with Crippen molar-refractivity contribution in [3.05, 3.63) is 53.6 Å². The Kier molecular flexibility index (Phi) is 4.89. The zero-order valence-electron chi connectivity index (χ0n) is 11.0. The number of H-pyrrole nitrogens is 1. The van der Waals surface area contributed by atoms with Gasteiger partial charge in [0, 0.05) is 31.4 Å². The number of rotatable bonds is 7. The van der Waals surface area contributed by atoms with Crippen molar-refractivity contribution in [3.8, 4) is 0 Å². The number of aromatic amines is 1. The molecule has 1 aromatic carbocycles. The highest BCUT2D eigenvalue weighted by Crippen LogP contribution is 2.11. The average Bonchev–Trinajstić information content (AvgIpc) is 2.92. The molecular formula is C13H18N4O2S. The Morgan fingerprint density at radius 2 is 2.00 bits per heavy atom. The lowest BCUT2D eigenvalue weighted by Crippen LogP contribution is -2.27. The van der Waals surface area contributed by atoms with E-state index in [1.165, 1.54) is 0 Å². The van der Waals surface area contributed by atoms with E-state index in [-0.39, 0.29) is 5.75 Å². The summed E-state index contributed by atoms with van der Waals surface area (Å²) in [5, 5.41) is 0. The molecule has 1 aromatic heterocycles. The first-order chi connectivity index (χ1) is 9.61. The summed E-state index contributed by atoms with van der Waals surface area (Å²) in [5.41, 5.74) is 8.10. The third-order valence-electron chi connectivity index (χ3n) is 2.95. The number of nitrogens with zero attached hydrogens (tertiary/aromatic N) is 1. The Labute approximate surface area is 118 Å². The van der Waals surface area contributed by atoms with Gasteiger partial charge in [-0.2, -0.15) is 0 Å². The molecular weight excluding hydrogens is 276 g/mol. The van der Waals surface area contributed by atoms with Gasteiger partial charge in [0.15, 0.2) is 0 Å². The summed E-state index contributed by atoms with van der Waals surface area (Å²) in [6, 6.07) is 7.30. The number of sulfonamides is 1. The molecule has 0 amide bonds. The van der Waals surface area contributed by atoms with E-state index in [0.29, 0.717) is 19.5 Å². The number of nitrogens with one attached hydrogen (secondary N) is 2. The van der Waals surface area contributed by atoms with Gasteiger partial charge in [-0.25, -0.2) is 18.1 Å². The molecule has 0 aliphatic carbocycles. The lowest BCUT2D eigenvalue weighted by molar-refractivity contribution is 0.580. The van der Waals surface area contributed by atoms with Crippen molar-refractivity contribution in [2.24, 2.45) is 5.73 Å². The number of aromatic nitrogens is 2. The summed E-state index contributed by atoms with van der Waals surface area (Å²) in [5.74, 6) is -0.0522. The molecule has 7 heteroatoms. The van der Waals surface area contributed by atoms with Crippen LogP contribution in [0, 0.1) is 0 Å². The van der Waals surface area contributed by atoms with Crippen molar-refractivity contribution in [1.82, 2.24) is 14.7 Å². The van der Waals surface area contributed by atoms with Gasteiger partial charge in [-0.15, -0.1) is 0 Å². The van der Waals surface area contributed by atoms with Crippen LogP contribution >= 0.6 is 0 Å². The molecule has 2 rings (SSSR count). The molecule has 1 heterocycles. The van der Waals surface area contributed by atoms with Crippen LogP contribution in [0.1, 0.15) is 16.8 Å². The fraction of sp³-hybridized carbons (Fsp3) is 0.308. The van der Waals surface area contributed by atoms with Crippen LogP contribution < -0.4 is 10.5 Å². The monoisotopic (exact) mass is 294 g/mol. The van der Waals surface area contributed by atoms with Crippen molar-refractivity contribution in [1.29, 1.82) is 0 Å². The van der Waals surface area contributed by atoms with Crippen molar-refractivity contribution in [3.63, 3.8) is 0 Å². The van der Waals surface area contributed by atoms with Gasteiger partial charge in [-0.1, -0.05) is 24.3 Å². The molecule has 6 nitrogen and oxygen atoms in total. The molecule has 0 aliphatic heterocycles. The van der Waals surface area contributed by atoms with Gasteiger partial charge >= 0.3 is 0 Å². The zero-order chi connectivity index (χ0) is 14.4. The second-order valence-corrected chi connectivity index (χ2v) is 6.26. The first kappa shape index (κ1) is 14.7. The van der Waals surface area contributed by atoms with Gasteiger partial charge in [0.05, 0.1) is 12.1 Å². The Balaban J connectivity index is 1.93. The molecule has 0 unspecified atom stereocenters. The van der Waals surface area contributed by atoms with E-state index in [2.05, 4.69) is 14.7 Å². The highest BCUT2D eigenvalue weighted by atomic mass is 32.2. The van der Waals surface area contributed by atoms with E-state index >= 15 is 0 Å². The smallest absolute Gasteiger partial charge is 0.215 e. The highest BCUT2D eigenvalue weighted by molar-refractivity contribution is 7.88. The second kappa shape index (κ2) is 6.65. The Morgan fingerprint density at radius 3 is 2.65 bits per heavy atom. The van der Waals surface area contributed by atoms with Gasteiger partial charge in [-0.3, -0.25) is 0 Å². The molecule has 0 bridgehead atoms. The maximum absolute atomic E-state index is 12.0. The molecule has 0 aliphatic rings. The molecule has 2 aromatic rings. The number of imidazole rings is 1. The van der Waals surface area contributed by atoms with Gasteiger partial charge in [-0.05, 0) is 11.1 Å². The molecule has 0 spiro atoms. The standard InChI is InChI=1S/C13H18N4O2S/c14-7-11-3-1-2-4-12(11)9-20(18,19)17-6-5-13-8-15-10-16-13/h1-4,8,10,17H,5-7,9,14H2,(H,15,16). The topological polar surface area (TPSA) is 101 Å². The summed E-state index contributed by atoms with van der Waals surface area (Å²) >= 11 is 0. The summed E-state index contributed by atoms with van der Waals surface area (Å²) in [7, 11) is -3.36. The maximum Gasteiger partial charge on any atom is 0.215 e. The minimum absolute atomic E-state index is 0.0522. The predicted octanol–water partition coefficient (Wildman–Crippen LogP) is 0.530. The molecule has 20 heavy (non-hydrogen) atoms. The number of benzene rings is 1. The molecule has 4 N–H and O–H groups in total. The minimum Gasteiger partial charge on any atom is -0.348 e. The summed E-state index contributed by atoms with van der Waals surface area (Å²) < 4.78 is 26.6. The first-order valence-corrected chi connectivity index (χ1v) is 7.97. The van der Waals surface area contributed by atoms with Crippen LogP contribution in [0.25, 0.3) is 0 Å². The fourth-order valence-corrected chi connectivity index (χ4v) is 3.12. The van der Waals surface area contributed by atoms with Crippen LogP contribution in [-0.2, 0) is 28.7 Å². The van der Waals surface area contributed by atoms with E-state index in [9.17, 15) is 8.42 Å². The summed E-state index contributed by atoms with van der Waals surface area (Å²) in [6.07, 6.45) is 3.83.